The second-order valence-corrected chi connectivity index (χ2v) is 17.3. The summed E-state index contributed by atoms with van der Waals surface area (Å²) in [6.45, 7) is 8.99. The highest BCUT2D eigenvalue weighted by Crippen LogP contribution is 2.50. The maximum atomic E-state index is 14.6. The van der Waals surface area contributed by atoms with E-state index in [2.05, 4.69) is 49.4 Å². The van der Waals surface area contributed by atoms with Crippen molar-refractivity contribution in [1.29, 1.82) is 0 Å². The van der Waals surface area contributed by atoms with Gasteiger partial charge in [-0.2, -0.15) is 11.8 Å². The van der Waals surface area contributed by atoms with Crippen LogP contribution in [0.15, 0.2) is 0 Å². The molecule has 12 atom stereocenters. The van der Waals surface area contributed by atoms with E-state index in [4.69, 9.17) is 0 Å². The monoisotopic (exact) mass is 610 g/mol. The minimum Gasteiger partial charge on any atom is -0.393 e. The fourth-order valence-corrected chi connectivity index (χ4v) is 11.4. The van der Waals surface area contributed by atoms with Crippen LogP contribution < -0.4 is 10.6 Å². The Morgan fingerprint density at radius 1 is 0.929 bits per heavy atom. The zero-order valence-electron chi connectivity index (χ0n) is 27.6. The topological polar surface area (TPSA) is 44.3 Å². The highest BCUT2D eigenvalue weighted by molar-refractivity contribution is 7.99. The lowest BCUT2D eigenvalue weighted by Gasteiger charge is -2.52. The van der Waals surface area contributed by atoms with Crippen molar-refractivity contribution in [3.05, 3.63) is 0 Å². The number of hydrogen-bond donors (Lipinski definition) is 3. The molecule has 6 heteroatoms. The van der Waals surface area contributed by atoms with Crippen LogP contribution >= 0.6 is 11.8 Å². The smallest absolute Gasteiger partial charge is 0.253 e. The number of aliphatic hydroxyl groups is 1. The molecule has 0 spiro atoms. The quantitative estimate of drug-likeness (QED) is 0.257. The molecule has 0 amide bonds. The molecule has 1 saturated heterocycles. The SMILES string of the molecule is CCC(F)(F)C1CC(NC(C)C2CC(SC)CC(C3CCC4(C)NC(C5CCCC5)CCC(C)CC4C3)C2)CCC1O. The van der Waals surface area contributed by atoms with Crippen molar-refractivity contribution >= 4 is 11.8 Å². The molecular weight excluding hydrogens is 546 g/mol. The average molecular weight is 611 g/mol. The van der Waals surface area contributed by atoms with E-state index in [9.17, 15) is 13.9 Å². The molecule has 4 saturated carbocycles. The third-order valence-corrected chi connectivity index (χ3v) is 14.5. The number of halogens is 2. The standard InChI is InChI=1S/C36H64F2N2OS/c1-6-36(37,38)32-22-30(12-14-34(32)41)39-24(3)27-18-28(21-31(20-27)42-5)26-15-16-35(4)29(19-26)17-23(2)11-13-33(40-35)25-9-7-8-10-25/h23-34,39-41H,6-22H2,1-5H3. The van der Waals surface area contributed by atoms with Gasteiger partial charge in [0.2, 0.25) is 0 Å². The molecule has 5 rings (SSSR count). The van der Waals surface area contributed by atoms with Crippen LogP contribution in [0.3, 0.4) is 0 Å². The lowest BCUT2D eigenvalue weighted by molar-refractivity contribution is -0.124. The van der Waals surface area contributed by atoms with Crippen LogP contribution in [-0.4, -0.2) is 52.3 Å². The van der Waals surface area contributed by atoms with Gasteiger partial charge in [-0.1, -0.05) is 26.7 Å². The molecule has 0 aromatic carbocycles. The molecule has 12 unspecified atom stereocenters. The third-order valence-electron chi connectivity index (χ3n) is 13.4. The van der Waals surface area contributed by atoms with E-state index in [1.165, 1.54) is 83.5 Å². The maximum Gasteiger partial charge on any atom is 0.253 e. The van der Waals surface area contributed by atoms with E-state index in [1.807, 2.05) is 0 Å². The molecule has 1 aliphatic heterocycles. The van der Waals surface area contributed by atoms with E-state index in [0.717, 1.165) is 42.1 Å². The predicted molar refractivity (Wildman–Crippen MR) is 174 cm³/mol. The first-order valence-electron chi connectivity index (χ1n) is 18.1. The average Bonchev–Trinajstić information content (AvgIpc) is 3.51. The normalized spacial score (nSPS) is 45.1. The van der Waals surface area contributed by atoms with Crippen molar-refractivity contribution < 1.29 is 13.9 Å². The van der Waals surface area contributed by atoms with Gasteiger partial charge in [0.1, 0.15) is 0 Å². The molecule has 0 bridgehead atoms. The Morgan fingerprint density at radius 3 is 2.40 bits per heavy atom. The molecule has 4 aliphatic carbocycles. The van der Waals surface area contributed by atoms with Crippen LogP contribution in [0.25, 0.3) is 0 Å². The number of aliphatic hydroxyl groups excluding tert-OH is 1. The molecule has 3 nitrogen and oxygen atoms in total. The molecule has 0 radical (unpaired) electrons. The van der Waals surface area contributed by atoms with Crippen LogP contribution in [0.1, 0.15) is 137 Å². The second-order valence-electron chi connectivity index (χ2n) is 16.2. The Balaban J connectivity index is 1.22. The Labute approximate surface area is 261 Å². The van der Waals surface area contributed by atoms with Gasteiger partial charge in [-0.25, -0.2) is 8.78 Å². The van der Waals surface area contributed by atoms with Crippen molar-refractivity contribution in [2.45, 2.75) is 178 Å². The minimum absolute atomic E-state index is 0.0876. The van der Waals surface area contributed by atoms with Gasteiger partial charge in [0.05, 0.1) is 12.0 Å². The number of rotatable bonds is 8. The largest absolute Gasteiger partial charge is 0.393 e. The third kappa shape index (κ3) is 7.72. The molecule has 1 heterocycles. The van der Waals surface area contributed by atoms with Gasteiger partial charge in [-0.05, 0) is 146 Å². The molecule has 244 valence electrons. The number of alkyl halides is 2. The van der Waals surface area contributed by atoms with E-state index in [-0.39, 0.29) is 12.5 Å². The van der Waals surface area contributed by atoms with Crippen molar-refractivity contribution in [3.8, 4) is 0 Å². The summed E-state index contributed by atoms with van der Waals surface area (Å²) in [7, 11) is 0. The van der Waals surface area contributed by atoms with Crippen molar-refractivity contribution in [2.75, 3.05) is 6.26 Å². The fourth-order valence-electron chi connectivity index (χ4n) is 10.6. The second kappa shape index (κ2) is 14.2. The maximum absolute atomic E-state index is 14.6. The van der Waals surface area contributed by atoms with Gasteiger partial charge in [-0.15, -0.1) is 0 Å². The Bertz CT molecular complexity index is 854. The summed E-state index contributed by atoms with van der Waals surface area (Å²) in [6.07, 6.45) is 20.8. The Hall–Kier alpha value is 0.0900. The van der Waals surface area contributed by atoms with Crippen molar-refractivity contribution in [3.63, 3.8) is 0 Å². The van der Waals surface area contributed by atoms with E-state index in [0.29, 0.717) is 35.6 Å². The number of fused-ring (bicyclic) bond motifs is 1. The minimum atomic E-state index is -2.78. The van der Waals surface area contributed by atoms with Crippen LogP contribution in [0.4, 0.5) is 8.78 Å². The zero-order chi connectivity index (χ0) is 30.1. The fraction of sp³-hybridized carbons (Fsp3) is 1.00. The summed E-state index contributed by atoms with van der Waals surface area (Å²) < 4.78 is 29.3. The van der Waals surface area contributed by atoms with E-state index >= 15 is 0 Å². The summed E-state index contributed by atoms with van der Waals surface area (Å²) in [5, 5.41) is 19.3. The zero-order valence-corrected chi connectivity index (χ0v) is 28.4. The van der Waals surface area contributed by atoms with Crippen LogP contribution in [0, 0.1) is 41.4 Å². The van der Waals surface area contributed by atoms with Gasteiger partial charge in [0, 0.05) is 35.3 Å². The van der Waals surface area contributed by atoms with Gasteiger partial charge >= 0.3 is 0 Å². The van der Waals surface area contributed by atoms with Crippen LogP contribution in [-0.2, 0) is 0 Å². The summed E-state index contributed by atoms with van der Waals surface area (Å²) >= 11 is 2.06. The van der Waals surface area contributed by atoms with Gasteiger partial charge < -0.3 is 15.7 Å². The summed E-state index contributed by atoms with van der Waals surface area (Å²) in [4.78, 5) is 0. The van der Waals surface area contributed by atoms with Gasteiger partial charge in [0.25, 0.3) is 5.92 Å². The summed E-state index contributed by atoms with van der Waals surface area (Å²) in [5.74, 6) is 1.03. The van der Waals surface area contributed by atoms with E-state index in [1.54, 1.807) is 6.92 Å². The Kier molecular flexibility index (Phi) is 11.3. The van der Waals surface area contributed by atoms with Gasteiger partial charge in [-0.3, -0.25) is 0 Å². The lowest BCUT2D eigenvalue weighted by atomic mass is 9.60. The summed E-state index contributed by atoms with van der Waals surface area (Å²) in [5.41, 5.74) is 0.295. The summed E-state index contributed by atoms with van der Waals surface area (Å²) in [6, 6.07) is 1.15. The highest BCUT2D eigenvalue weighted by Gasteiger charge is 2.48. The first-order valence-corrected chi connectivity index (χ1v) is 19.4. The van der Waals surface area contributed by atoms with Crippen molar-refractivity contribution in [2.24, 2.45) is 41.4 Å². The number of hydrogen-bond acceptors (Lipinski definition) is 4. The molecule has 5 aliphatic rings. The van der Waals surface area contributed by atoms with Crippen LogP contribution in [0.5, 0.6) is 0 Å². The molecule has 0 aromatic heterocycles. The molecule has 3 N–H and O–H groups in total. The predicted octanol–water partition coefficient (Wildman–Crippen LogP) is 8.83. The molecular formula is C36H64F2N2OS. The van der Waals surface area contributed by atoms with Crippen molar-refractivity contribution in [1.82, 2.24) is 10.6 Å². The number of nitrogens with one attached hydrogen (secondary N) is 2. The molecule has 42 heavy (non-hydrogen) atoms. The molecule has 0 aromatic rings. The van der Waals surface area contributed by atoms with E-state index < -0.39 is 17.9 Å². The van der Waals surface area contributed by atoms with Gasteiger partial charge in [0.15, 0.2) is 0 Å². The first kappa shape index (κ1) is 33.5. The molecule has 5 fully saturated rings. The van der Waals surface area contributed by atoms with Crippen LogP contribution in [0.2, 0.25) is 0 Å². The lowest BCUT2D eigenvalue weighted by Crippen LogP contribution is -2.59. The first-order chi connectivity index (χ1) is 20.0. The number of thioether (sulfide) groups is 1. The highest BCUT2D eigenvalue weighted by atomic mass is 32.2. The Morgan fingerprint density at radius 2 is 1.69 bits per heavy atom.